The summed E-state index contributed by atoms with van der Waals surface area (Å²) in [7, 11) is 0. The van der Waals surface area contributed by atoms with Gasteiger partial charge in [0, 0.05) is 19.3 Å². The van der Waals surface area contributed by atoms with Gasteiger partial charge in [-0.15, -0.1) is 0 Å². The standard InChI is InChI=1S/C67H126O6/c1-4-7-10-13-15-17-19-21-23-24-25-26-27-28-29-30-31-32-33-34-35-36-37-38-39-40-41-42-44-45-47-49-51-54-57-60-66(69)72-63-64(62-71-65(68)59-56-53-12-9-6-3)73-67(70)61-58-55-52-50-48-46-43-22-20-18-16-14-11-8-5-2/h16,18,22,43,64H,4-15,17,19-21,23-42,44-63H2,1-3H3/b18-16-,43-22-. The number of ether oxygens (including phenoxy) is 3. The molecule has 0 heterocycles. The lowest BCUT2D eigenvalue weighted by molar-refractivity contribution is -0.167. The maximum Gasteiger partial charge on any atom is 0.306 e. The van der Waals surface area contributed by atoms with Crippen molar-refractivity contribution in [1.82, 2.24) is 0 Å². The summed E-state index contributed by atoms with van der Waals surface area (Å²) in [6.07, 6.45) is 75.6. The van der Waals surface area contributed by atoms with Crippen LogP contribution in [0, 0.1) is 0 Å². The molecule has 0 aromatic rings. The first-order valence-electron chi connectivity index (χ1n) is 32.8. The van der Waals surface area contributed by atoms with E-state index in [-0.39, 0.29) is 31.1 Å². The van der Waals surface area contributed by atoms with E-state index in [1.54, 1.807) is 0 Å². The van der Waals surface area contributed by atoms with Crippen molar-refractivity contribution in [3.8, 4) is 0 Å². The second kappa shape index (κ2) is 62.4. The summed E-state index contributed by atoms with van der Waals surface area (Å²) in [5.74, 6) is -0.883. The molecule has 0 N–H and O–H groups in total. The van der Waals surface area contributed by atoms with Crippen molar-refractivity contribution in [3.63, 3.8) is 0 Å². The van der Waals surface area contributed by atoms with Gasteiger partial charge in [0.25, 0.3) is 0 Å². The van der Waals surface area contributed by atoms with Crippen molar-refractivity contribution in [3.05, 3.63) is 24.3 Å². The quantitative estimate of drug-likeness (QED) is 0.0261. The maximum absolute atomic E-state index is 12.8. The molecule has 0 aliphatic rings. The first-order chi connectivity index (χ1) is 36.0. The highest BCUT2D eigenvalue weighted by molar-refractivity contribution is 5.71. The highest BCUT2D eigenvalue weighted by atomic mass is 16.6. The van der Waals surface area contributed by atoms with E-state index in [9.17, 15) is 14.4 Å². The summed E-state index contributed by atoms with van der Waals surface area (Å²) in [5.41, 5.74) is 0. The predicted octanol–water partition coefficient (Wildman–Crippen LogP) is 22.2. The Balaban J connectivity index is 3.82. The number of hydrogen-bond acceptors (Lipinski definition) is 6. The van der Waals surface area contributed by atoms with Crippen LogP contribution in [-0.2, 0) is 28.6 Å². The Bertz CT molecular complexity index is 1180. The molecule has 0 aliphatic heterocycles. The molecule has 0 aliphatic carbocycles. The van der Waals surface area contributed by atoms with E-state index in [1.165, 1.54) is 244 Å². The molecule has 6 nitrogen and oxygen atoms in total. The van der Waals surface area contributed by atoms with Gasteiger partial charge in [0.2, 0.25) is 0 Å². The largest absolute Gasteiger partial charge is 0.462 e. The molecule has 73 heavy (non-hydrogen) atoms. The fourth-order valence-corrected chi connectivity index (χ4v) is 10.0. The van der Waals surface area contributed by atoms with Crippen LogP contribution >= 0.6 is 0 Å². The van der Waals surface area contributed by atoms with Crippen LogP contribution in [0.5, 0.6) is 0 Å². The molecule has 0 radical (unpaired) electrons. The molecule has 0 spiro atoms. The number of allylic oxidation sites excluding steroid dienone is 4. The first kappa shape index (κ1) is 70.9. The summed E-state index contributed by atoms with van der Waals surface area (Å²) in [5, 5.41) is 0. The Hall–Kier alpha value is -2.11. The number of carbonyl (C=O) groups excluding carboxylic acids is 3. The van der Waals surface area contributed by atoms with Crippen molar-refractivity contribution in [2.24, 2.45) is 0 Å². The van der Waals surface area contributed by atoms with Crippen LogP contribution in [-0.4, -0.2) is 37.2 Å². The lowest BCUT2D eigenvalue weighted by Crippen LogP contribution is -2.30. The Morgan fingerprint density at radius 1 is 0.274 bits per heavy atom. The highest BCUT2D eigenvalue weighted by Crippen LogP contribution is 2.18. The summed E-state index contributed by atoms with van der Waals surface area (Å²) in [6, 6.07) is 0. The van der Waals surface area contributed by atoms with E-state index in [0.717, 1.165) is 83.5 Å². The Morgan fingerprint density at radius 3 is 0.781 bits per heavy atom. The number of unbranched alkanes of at least 4 members (excludes halogenated alkanes) is 46. The fraction of sp³-hybridized carbons (Fsp3) is 0.896. The molecule has 6 heteroatoms. The van der Waals surface area contributed by atoms with E-state index in [0.29, 0.717) is 19.3 Å². The normalized spacial score (nSPS) is 12.1. The smallest absolute Gasteiger partial charge is 0.306 e. The lowest BCUT2D eigenvalue weighted by Gasteiger charge is -2.18. The molecular formula is C67H126O6. The SMILES string of the molecule is CCCCC/C=C\C/C=C\CCCCCCCC(=O)OC(COC(=O)CCCCCCC)COC(=O)CCCCCCCCCCCCCCCCCCCCCCCCCCCCCCCCCCCCC. The van der Waals surface area contributed by atoms with Crippen molar-refractivity contribution >= 4 is 17.9 Å². The van der Waals surface area contributed by atoms with Gasteiger partial charge in [0.1, 0.15) is 13.2 Å². The lowest BCUT2D eigenvalue weighted by atomic mass is 10.0. The molecule has 0 rings (SSSR count). The van der Waals surface area contributed by atoms with E-state index < -0.39 is 6.10 Å². The van der Waals surface area contributed by atoms with Crippen LogP contribution in [0.1, 0.15) is 367 Å². The van der Waals surface area contributed by atoms with Gasteiger partial charge in [-0.1, -0.05) is 321 Å². The first-order valence-corrected chi connectivity index (χ1v) is 32.8. The van der Waals surface area contributed by atoms with Gasteiger partial charge in [-0.2, -0.15) is 0 Å². The zero-order chi connectivity index (χ0) is 52.9. The van der Waals surface area contributed by atoms with Crippen molar-refractivity contribution in [2.45, 2.75) is 374 Å². The second-order valence-corrected chi connectivity index (χ2v) is 22.4. The van der Waals surface area contributed by atoms with Gasteiger partial charge in [0.15, 0.2) is 6.10 Å². The summed E-state index contributed by atoms with van der Waals surface area (Å²) in [4.78, 5) is 37.8. The van der Waals surface area contributed by atoms with Gasteiger partial charge in [-0.25, -0.2) is 0 Å². The molecular weight excluding hydrogens is 901 g/mol. The van der Waals surface area contributed by atoms with Gasteiger partial charge >= 0.3 is 17.9 Å². The average molecular weight is 1030 g/mol. The molecule has 1 atom stereocenters. The number of rotatable bonds is 61. The van der Waals surface area contributed by atoms with E-state index >= 15 is 0 Å². The third kappa shape index (κ3) is 60.6. The van der Waals surface area contributed by atoms with Gasteiger partial charge < -0.3 is 14.2 Å². The molecule has 430 valence electrons. The van der Waals surface area contributed by atoms with Crippen molar-refractivity contribution < 1.29 is 28.6 Å². The molecule has 0 aromatic heterocycles. The van der Waals surface area contributed by atoms with Gasteiger partial charge in [0.05, 0.1) is 0 Å². The number of esters is 3. The van der Waals surface area contributed by atoms with Crippen LogP contribution in [0.15, 0.2) is 24.3 Å². The zero-order valence-electron chi connectivity index (χ0n) is 49.4. The van der Waals surface area contributed by atoms with Crippen molar-refractivity contribution in [2.75, 3.05) is 13.2 Å². The monoisotopic (exact) mass is 1030 g/mol. The second-order valence-electron chi connectivity index (χ2n) is 22.4. The molecule has 0 amide bonds. The third-order valence-electron chi connectivity index (χ3n) is 15.0. The summed E-state index contributed by atoms with van der Waals surface area (Å²) in [6.45, 7) is 6.57. The molecule has 0 saturated heterocycles. The Kier molecular flexibility index (Phi) is 60.6. The molecule has 0 saturated carbocycles. The Labute approximate surface area is 455 Å². The van der Waals surface area contributed by atoms with Crippen LogP contribution in [0.2, 0.25) is 0 Å². The molecule has 1 unspecified atom stereocenters. The van der Waals surface area contributed by atoms with Crippen molar-refractivity contribution in [1.29, 1.82) is 0 Å². The van der Waals surface area contributed by atoms with E-state index in [1.807, 2.05) is 0 Å². The fourth-order valence-electron chi connectivity index (χ4n) is 10.0. The predicted molar refractivity (Wildman–Crippen MR) is 316 cm³/mol. The van der Waals surface area contributed by atoms with Crippen LogP contribution in [0.25, 0.3) is 0 Å². The molecule has 0 fully saturated rings. The van der Waals surface area contributed by atoms with Crippen LogP contribution in [0.4, 0.5) is 0 Å². The minimum absolute atomic E-state index is 0.0732. The van der Waals surface area contributed by atoms with E-state index in [4.69, 9.17) is 14.2 Å². The van der Waals surface area contributed by atoms with E-state index in [2.05, 4.69) is 45.1 Å². The third-order valence-corrected chi connectivity index (χ3v) is 15.0. The summed E-state index contributed by atoms with van der Waals surface area (Å²) < 4.78 is 16.7. The molecule has 0 aromatic carbocycles. The topological polar surface area (TPSA) is 78.9 Å². The summed E-state index contributed by atoms with van der Waals surface area (Å²) >= 11 is 0. The number of hydrogen-bond donors (Lipinski definition) is 0. The highest BCUT2D eigenvalue weighted by Gasteiger charge is 2.19. The van der Waals surface area contributed by atoms with Crippen LogP contribution in [0.3, 0.4) is 0 Å². The Morgan fingerprint density at radius 2 is 0.493 bits per heavy atom. The minimum Gasteiger partial charge on any atom is -0.462 e. The number of carbonyl (C=O) groups is 3. The minimum atomic E-state index is -0.772. The maximum atomic E-state index is 12.8. The van der Waals surface area contributed by atoms with Gasteiger partial charge in [-0.3, -0.25) is 14.4 Å². The van der Waals surface area contributed by atoms with Gasteiger partial charge in [-0.05, 0) is 51.4 Å². The zero-order valence-corrected chi connectivity index (χ0v) is 49.4. The van der Waals surface area contributed by atoms with Crippen LogP contribution < -0.4 is 0 Å². The average Bonchev–Trinajstić information content (AvgIpc) is 3.39. The molecule has 0 bridgehead atoms.